The van der Waals surface area contributed by atoms with Gasteiger partial charge in [0.15, 0.2) is 14.4 Å². The Bertz CT molecular complexity index is 2030. The van der Waals surface area contributed by atoms with Crippen molar-refractivity contribution < 1.29 is 112 Å². The molecule has 0 aromatic heterocycles. The van der Waals surface area contributed by atoms with Crippen molar-refractivity contribution in [2.24, 2.45) is 0 Å². The molecule has 2 atom stereocenters. The Labute approximate surface area is 391 Å². The third-order valence-corrected chi connectivity index (χ3v) is 16.6. The number of allylic oxidation sites excluding steroid dienone is 1. The van der Waals surface area contributed by atoms with Crippen LogP contribution in [0.4, 0.5) is 85.1 Å². The summed E-state index contributed by atoms with van der Waals surface area (Å²) in [6.45, 7) is 7.68. The highest BCUT2D eigenvalue weighted by atomic mass is 28.4. The van der Waals surface area contributed by atoms with E-state index in [-0.39, 0.29) is 25.2 Å². The van der Waals surface area contributed by atoms with Crippen LogP contribution in [0.25, 0.3) is 0 Å². The molecule has 0 bridgehead atoms. The van der Waals surface area contributed by atoms with Gasteiger partial charge in [0.1, 0.15) is 24.7 Å². The topological polar surface area (TPSA) is 102 Å². The first-order valence-corrected chi connectivity index (χ1v) is 22.9. The Balaban J connectivity index is 2.32. The van der Waals surface area contributed by atoms with Gasteiger partial charge < -0.3 is 28.1 Å². The van der Waals surface area contributed by atoms with Gasteiger partial charge in [0.2, 0.25) is 0 Å². The number of halogens is 17. The number of ether oxygens (including phenoxy) is 5. The highest BCUT2D eigenvalue weighted by molar-refractivity contribution is 6.76. The SMILES string of the molecule is C=CCOC(=O)/C=C/CC[C@H](OC)[C@@H](OC(=O)Nc1ccc(OC)cc1)c1ccc(OCCO[Si](CCC(F)(F)C(F)(F)C(F)(F)C(F)(F)C(F)(F)C(F)(F)C(F)(F)C(F)(F)F)(C(C)C)C(C)C)cc1. The lowest BCUT2D eigenvalue weighted by molar-refractivity contribution is -0.461. The molecule has 27 heteroatoms. The summed E-state index contributed by atoms with van der Waals surface area (Å²) >= 11 is 0. The van der Waals surface area contributed by atoms with Crippen molar-refractivity contribution in [2.75, 3.05) is 39.4 Å². The number of amides is 1. The number of rotatable bonds is 28. The zero-order valence-corrected chi connectivity index (χ0v) is 39.0. The van der Waals surface area contributed by atoms with Crippen LogP contribution < -0.4 is 14.8 Å². The largest absolute Gasteiger partial charge is 0.497 e. The maximum absolute atomic E-state index is 15.1. The van der Waals surface area contributed by atoms with E-state index in [9.17, 15) is 75.4 Å². The summed E-state index contributed by atoms with van der Waals surface area (Å²) in [5.41, 5.74) is -1.13. The molecule has 0 spiro atoms. The van der Waals surface area contributed by atoms with Gasteiger partial charge in [-0.15, -0.1) is 0 Å². The molecule has 0 aliphatic heterocycles. The van der Waals surface area contributed by atoms with Gasteiger partial charge in [0.05, 0.1) is 19.8 Å². The van der Waals surface area contributed by atoms with Crippen LogP contribution >= 0.6 is 0 Å². The van der Waals surface area contributed by atoms with E-state index >= 15 is 8.78 Å². The van der Waals surface area contributed by atoms with Gasteiger partial charge in [0.25, 0.3) is 0 Å². The van der Waals surface area contributed by atoms with Crippen molar-refractivity contribution in [3.05, 3.63) is 78.9 Å². The highest BCUT2D eigenvalue weighted by Crippen LogP contribution is 2.64. The van der Waals surface area contributed by atoms with Gasteiger partial charge in [-0.3, -0.25) is 5.32 Å². The number of hydrogen-bond donors (Lipinski definition) is 1. The molecular formula is C43H50F17NO8Si. The van der Waals surface area contributed by atoms with E-state index in [1.807, 2.05) is 0 Å². The number of hydrogen-bond acceptors (Lipinski definition) is 8. The van der Waals surface area contributed by atoms with Crippen LogP contribution in [0, 0.1) is 0 Å². The molecule has 0 aliphatic rings. The van der Waals surface area contributed by atoms with Gasteiger partial charge >= 0.3 is 59.7 Å². The number of nitrogens with one attached hydrogen (secondary N) is 1. The van der Waals surface area contributed by atoms with Gasteiger partial charge in [0, 0.05) is 25.3 Å². The highest BCUT2D eigenvalue weighted by Gasteiger charge is 2.95. The quantitative estimate of drug-likeness (QED) is 0.0225. The third-order valence-electron chi connectivity index (χ3n) is 10.9. The molecule has 0 saturated carbocycles. The van der Waals surface area contributed by atoms with Gasteiger partial charge in [-0.25, -0.2) is 9.59 Å². The zero-order chi connectivity index (χ0) is 54.0. The van der Waals surface area contributed by atoms with Crippen LogP contribution in [0.2, 0.25) is 17.1 Å². The molecule has 2 rings (SSSR count). The molecule has 1 amide bonds. The predicted molar refractivity (Wildman–Crippen MR) is 220 cm³/mol. The standard InChI is InChI=1S/C43H50F17NO8Si/c1-8-22-67-33(62)12-10-9-11-32(65-7)34(69-35(63)61-29-15-19-30(64-6)20-16-29)28-13-17-31(18-14-28)66-23-24-68-70(26(2)3,27(4)5)25-21-36(44,45)37(46,47)38(48,49)39(50,51)40(52,53)41(54,55)42(56,57)43(58,59)60/h8,10,12-20,26-27,32,34H,1,9,11,21-25H2,2-7H3,(H,61,63)/b12-10+/t32-,34-/m0/s1. The molecule has 0 heterocycles. The Morgan fingerprint density at radius 2 is 1.19 bits per heavy atom. The lowest BCUT2D eigenvalue weighted by Gasteiger charge is -2.44. The first kappa shape index (κ1) is 61.3. The number of benzene rings is 2. The van der Waals surface area contributed by atoms with Gasteiger partial charge in [-0.05, 0) is 71.9 Å². The molecule has 0 unspecified atom stereocenters. The summed E-state index contributed by atoms with van der Waals surface area (Å²) in [5, 5.41) is 2.56. The summed E-state index contributed by atoms with van der Waals surface area (Å²) in [6, 6.07) is 10.6. The van der Waals surface area contributed by atoms with Gasteiger partial charge in [-0.2, -0.15) is 74.6 Å². The lowest BCUT2D eigenvalue weighted by atomic mass is 9.88. The Kier molecular flexibility index (Phi) is 20.7. The van der Waals surface area contributed by atoms with Crippen molar-refractivity contribution in [3.8, 4) is 11.5 Å². The minimum atomic E-state index is -8.71. The van der Waals surface area contributed by atoms with Crippen LogP contribution in [-0.4, -0.2) is 108 Å². The summed E-state index contributed by atoms with van der Waals surface area (Å²) in [5.74, 6) is -57.0. The number of carbonyl (C=O) groups excluding carboxylic acids is 2. The van der Waals surface area contributed by atoms with E-state index in [0.717, 1.165) is 0 Å². The molecule has 9 nitrogen and oxygen atoms in total. The molecule has 0 saturated heterocycles. The third kappa shape index (κ3) is 13.2. The molecule has 70 heavy (non-hydrogen) atoms. The first-order chi connectivity index (χ1) is 32.0. The average molecular weight is 1060 g/mol. The van der Waals surface area contributed by atoms with Crippen molar-refractivity contribution >= 4 is 26.1 Å². The maximum atomic E-state index is 15.1. The minimum absolute atomic E-state index is 0.0212. The molecule has 0 radical (unpaired) electrons. The van der Waals surface area contributed by atoms with Crippen molar-refractivity contribution in [1.82, 2.24) is 0 Å². The second-order valence-electron chi connectivity index (χ2n) is 16.0. The van der Waals surface area contributed by atoms with E-state index in [4.69, 9.17) is 28.1 Å². The van der Waals surface area contributed by atoms with E-state index in [0.29, 0.717) is 17.0 Å². The zero-order valence-electron chi connectivity index (χ0n) is 38.0. The number of anilines is 1. The maximum Gasteiger partial charge on any atom is 0.460 e. The summed E-state index contributed by atoms with van der Waals surface area (Å²) < 4.78 is 269. The summed E-state index contributed by atoms with van der Waals surface area (Å²) in [7, 11) is -1.26. The molecule has 0 fully saturated rings. The molecular weight excluding hydrogens is 1010 g/mol. The predicted octanol–water partition coefficient (Wildman–Crippen LogP) is 13.6. The minimum Gasteiger partial charge on any atom is -0.497 e. The Morgan fingerprint density at radius 1 is 0.686 bits per heavy atom. The van der Waals surface area contributed by atoms with Crippen molar-refractivity contribution in [1.29, 1.82) is 0 Å². The first-order valence-electron chi connectivity index (χ1n) is 20.7. The van der Waals surface area contributed by atoms with Crippen LogP contribution in [0.15, 0.2) is 73.3 Å². The Morgan fingerprint density at radius 3 is 1.66 bits per heavy atom. The van der Waals surface area contributed by atoms with Gasteiger partial charge in [-0.1, -0.05) is 58.6 Å². The number of alkyl halides is 17. The van der Waals surface area contributed by atoms with Crippen molar-refractivity contribution in [3.63, 3.8) is 0 Å². The molecule has 2 aromatic carbocycles. The fourth-order valence-electron chi connectivity index (χ4n) is 6.82. The molecule has 398 valence electrons. The van der Waals surface area contributed by atoms with Crippen LogP contribution in [-0.2, 0) is 23.4 Å². The van der Waals surface area contributed by atoms with Crippen molar-refractivity contribution in [2.45, 2.75) is 124 Å². The number of methoxy groups -OCH3 is 2. The van der Waals surface area contributed by atoms with E-state index in [2.05, 4.69) is 11.9 Å². The number of carbonyl (C=O) groups is 2. The summed E-state index contributed by atoms with van der Waals surface area (Å²) in [6.07, 6.45) is -8.80. The Hall–Kier alpha value is -4.79. The monoisotopic (exact) mass is 1060 g/mol. The fourth-order valence-corrected chi connectivity index (χ4v) is 11.3. The van der Waals surface area contributed by atoms with Crippen LogP contribution in [0.3, 0.4) is 0 Å². The second-order valence-corrected chi connectivity index (χ2v) is 21.0. The molecule has 1 N–H and O–H groups in total. The van der Waals surface area contributed by atoms with E-state index in [1.54, 1.807) is 12.1 Å². The smallest absolute Gasteiger partial charge is 0.460 e. The van der Waals surface area contributed by atoms with E-state index < -0.39 is 117 Å². The average Bonchev–Trinajstić information content (AvgIpc) is 3.27. The van der Waals surface area contributed by atoms with Crippen LogP contribution in [0.1, 0.15) is 58.6 Å². The second kappa shape index (κ2) is 23.6. The lowest BCUT2D eigenvalue weighted by Crippen LogP contribution is -2.74. The van der Waals surface area contributed by atoms with E-state index in [1.165, 1.54) is 96.5 Å². The fraction of sp³-hybridized carbons (Fsp3) is 0.581. The normalized spacial score (nSPS) is 14.7. The number of esters is 1. The molecule has 0 aliphatic carbocycles. The molecule has 2 aromatic rings. The summed E-state index contributed by atoms with van der Waals surface area (Å²) in [4.78, 5) is 24.9. The van der Waals surface area contributed by atoms with Crippen LogP contribution in [0.5, 0.6) is 11.5 Å².